The summed E-state index contributed by atoms with van der Waals surface area (Å²) in [6.45, 7) is 2.64. The number of halogens is 1. The fourth-order valence-electron chi connectivity index (χ4n) is 2.42. The first-order valence-electron chi connectivity index (χ1n) is 6.85. The van der Waals surface area contributed by atoms with Crippen LogP contribution in [0.4, 0.5) is 4.39 Å². The van der Waals surface area contributed by atoms with Gasteiger partial charge in [-0.05, 0) is 30.2 Å². The Balaban J connectivity index is 1.82. The van der Waals surface area contributed by atoms with E-state index < -0.39 is 0 Å². The standard InChI is InChI=1S/C17H16FNOS/c1-12-2-4-13(5-3-12)10-19-16(20)11-21-17(19)14-6-8-15(18)9-7-14/h2-9,17H,10-11H2,1H3/t17-/m0/s1. The van der Waals surface area contributed by atoms with Crippen LogP contribution in [0.3, 0.4) is 0 Å². The van der Waals surface area contributed by atoms with Crippen LogP contribution >= 0.6 is 11.8 Å². The fourth-order valence-corrected chi connectivity index (χ4v) is 3.61. The van der Waals surface area contributed by atoms with E-state index in [1.807, 2.05) is 24.0 Å². The topological polar surface area (TPSA) is 20.3 Å². The van der Waals surface area contributed by atoms with E-state index in [4.69, 9.17) is 0 Å². The van der Waals surface area contributed by atoms with Crippen LogP contribution < -0.4 is 0 Å². The third-order valence-corrected chi connectivity index (χ3v) is 4.85. The maximum Gasteiger partial charge on any atom is 0.234 e. The maximum absolute atomic E-state index is 13.0. The van der Waals surface area contributed by atoms with Crippen molar-refractivity contribution in [3.05, 3.63) is 71.0 Å². The van der Waals surface area contributed by atoms with Crippen molar-refractivity contribution in [2.45, 2.75) is 18.8 Å². The molecule has 0 unspecified atom stereocenters. The molecule has 1 heterocycles. The number of nitrogens with zero attached hydrogens (tertiary/aromatic N) is 1. The van der Waals surface area contributed by atoms with Gasteiger partial charge < -0.3 is 4.90 Å². The highest BCUT2D eigenvalue weighted by Crippen LogP contribution is 2.39. The predicted octanol–water partition coefficient (Wildman–Crippen LogP) is 3.91. The van der Waals surface area contributed by atoms with Crippen LogP contribution in [-0.2, 0) is 11.3 Å². The van der Waals surface area contributed by atoms with Gasteiger partial charge in [0.2, 0.25) is 5.91 Å². The van der Waals surface area contributed by atoms with Gasteiger partial charge in [-0.2, -0.15) is 0 Å². The number of carbonyl (C=O) groups is 1. The predicted molar refractivity (Wildman–Crippen MR) is 83.3 cm³/mol. The van der Waals surface area contributed by atoms with Crippen molar-refractivity contribution in [1.29, 1.82) is 0 Å². The average Bonchev–Trinajstić information content (AvgIpc) is 2.84. The lowest BCUT2D eigenvalue weighted by Gasteiger charge is -2.24. The zero-order valence-electron chi connectivity index (χ0n) is 11.8. The highest BCUT2D eigenvalue weighted by molar-refractivity contribution is 8.00. The molecule has 2 aromatic rings. The summed E-state index contributed by atoms with van der Waals surface area (Å²) < 4.78 is 13.0. The van der Waals surface area contributed by atoms with Crippen molar-refractivity contribution in [3.63, 3.8) is 0 Å². The van der Waals surface area contributed by atoms with Gasteiger partial charge in [0.05, 0.1) is 5.75 Å². The number of benzene rings is 2. The van der Waals surface area contributed by atoms with E-state index in [2.05, 4.69) is 12.1 Å². The molecule has 1 aliphatic rings. The quantitative estimate of drug-likeness (QED) is 0.856. The summed E-state index contributed by atoms with van der Waals surface area (Å²) in [7, 11) is 0. The second-order valence-corrected chi connectivity index (χ2v) is 6.29. The molecule has 0 bridgehead atoms. The Bertz CT molecular complexity index is 639. The van der Waals surface area contributed by atoms with E-state index in [-0.39, 0.29) is 17.1 Å². The van der Waals surface area contributed by atoms with Gasteiger partial charge in [-0.3, -0.25) is 4.79 Å². The third kappa shape index (κ3) is 3.10. The summed E-state index contributed by atoms with van der Waals surface area (Å²) >= 11 is 1.59. The van der Waals surface area contributed by atoms with Crippen molar-refractivity contribution in [3.8, 4) is 0 Å². The lowest BCUT2D eigenvalue weighted by Crippen LogP contribution is -2.27. The number of amides is 1. The van der Waals surface area contributed by atoms with Crippen LogP contribution in [0.2, 0.25) is 0 Å². The number of aryl methyl sites for hydroxylation is 1. The first-order valence-corrected chi connectivity index (χ1v) is 7.90. The molecular formula is C17H16FNOS. The van der Waals surface area contributed by atoms with Crippen LogP contribution in [-0.4, -0.2) is 16.6 Å². The van der Waals surface area contributed by atoms with Gasteiger partial charge in [0.1, 0.15) is 11.2 Å². The van der Waals surface area contributed by atoms with Crippen molar-refractivity contribution < 1.29 is 9.18 Å². The molecule has 1 aliphatic heterocycles. The van der Waals surface area contributed by atoms with Crippen molar-refractivity contribution in [1.82, 2.24) is 4.90 Å². The minimum Gasteiger partial charge on any atom is -0.322 e. The first kappa shape index (κ1) is 14.1. The van der Waals surface area contributed by atoms with Crippen LogP contribution in [0.15, 0.2) is 48.5 Å². The molecule has 0 saturated carbocycles. The molecule has 4 heteroatoms. The molecule has 2 nitrogen and oxygen atoms in total. The summed E-state index contributed by atoms with van der Waals surface area (Å²) in [6.07, 6.45) is 0. The summed E-state index contributed by atoms with van der Waals surface area (Å²) in [5.41, 5.74) is 3.29. The minimum atomic E-state index is -0.252. The van der Waals surface area contributed by atoms with Gasteiger partial charge in [-0.15, -0.1) is 11.8 Å². The SMILES string of the molecule is Cc1ccc(CN2C(=O)CS[C@H]2c2ccc(F)cc2)cc1. The Kier molecular flexibility index (Phi) is 3.97. The lowest BCUT2D eigenvalue weighted by molar-refractivity contribution is -0.128. The molecule has 0 aliphatic carbocycles. The van der Waals surface area contributed by atoms with E-state index in [0.717, 1.165) is 11.1 Å². The number of hydrogen-bond donors (Lipinski definition) is 0. The van der Waals surface area contributed by atoms with Crippen LogP contribution in [0, 0.1) is 12.7 Å². The Morgan fingerprint density at radius 2 is 1.81 bits per heavy atom. The largest absolute Gasteiger partial charge is 0.322 e. The molecule has 0 spiro atoms. The fraction of sp³-hybridized carbons (Fsp3) is 0.235. The van der Waals surface area contributed by atoms with Crippen LogP contribution in [0.1, 0.15) is 22.1 Å². The van der Waals surface area contributed by atoms with E-state index in [0.29, 0.717) is 12.3 Å². The summed E-state index contributed by atoms with van der Waals surface area (Å²) in [5.74, 6) is 0.363. The second kappa shape index (κ2) is 5.90. The minimum absolute atomic E-state index is 0.0283. The Morgan fingerprint density at radius 3 is 2.48 bits per heavy atom. The number of hydrogen-bond acceptors (Lipinski definition) is 2. The summed E-state index contributed by atoms with van der Waals surface area (Å²) in [5, 5.41) is -0.0283. The molecule has 0 N–H and O–H groups in total. The van der Waals surface area contributed by atoms with E-state index in [1.54, 1.807) is 23.9 Å². The average molecular weight is 301 g/mol. The molecule has 1 fully saturated rings. The van der Waals surface area contributed by atoms with E-state index >= 15 is 0 Å². The highest BCUT2D eigenvalue weighted by Gasteiger charge is 2.32. The van der Waals surface area contributed by atoms with Crippen LogP contribution in [0.25, 0.3) is 0 Å². The third-order valence-electron chi connectivity index (χ3n) is 3.60. The molecule has 21 heavy (non-hydrogen) atoms. The van der Waals surface area contributed by atoms with Crippen molar-refractivity contribution in [2.24, 2.45) is 0 Å². The molecule has 2 aromatic carbocycles. The van der Waals surface area contributed by atoms with Gasteiger partial charge in [-0.25, -0.2) is 4.39 Å². The first-order chi connectivity index (χ1) is 10.1. The van der Waals surface area contributed by atoms with Gasteiger partial charge in [-0.1, -0.05) is 42.0 Å². The van der Waals surface area contributed by atoms with Gasteiger partial charge in [0.15, 0.2) is 0 Å². The second-order valence-electron chi connectivity index (χ2n) is 5.22. The molecule has 1 saturated heterocycles. The Morgan fingerprint density at radius 1 is 1.14 bits per heavy atom. The van der Waals surface area contributed by atoms with E-state index in [9.17, 15) is 9.18 Å². The molecule has 0 radical (unpaired) electrons. The molecule has 3 rings (SSSR count). The van der Waals surface area contributed by atoms with Gasteiger partial charge >= 0.3 is 0 Å². The Hall–Kier alpha value is -1.81. The smallest absolute Gasteiger partial charge is 0.234 e. The normalized spacial score (nSPS) is 18.3. The van der Waals surface area contributed by atoms with Gasteiger partial charge in [0.25, 0.3) is 0 Å². The van der Waals surface area contributed by atoms with Crippen molar-refractivity contribution >= 4 is 17.7 Å². The number of thioether (sulfide) groups is 1. The summed E-state index contributed by atoms with van der Waals surface area (Å²) in [6, 6.07) is 14.6. The zero-order chi connectivity index (χ0) is 14.8. The summed E-state index contributed by atoms with van der Waals surface area (Å²) in [4.78, 5) is 14.0. The molecule has 0 aromatic heterocycles. The molecular weight excluding hydrogens is 285 g/mol. The molecule has 1 atom stereocenters. The Labute approximate surface area is 128 Å². The van der Waals surface area contributed by atoms with Crippen LogP contribution in [0.5, 0.6) is 0 Å². The van der Waals surface area contributed by atoms with Gasteiger partial charge in [0, 0.05) is 6.54 Å². The molecule has 1 amide bonds. The zero-order valence-corrected chi connectivity index (χ0v) is 12.6. The highest BCUT2D eigenvalue weighted by atomic mass is 32.2. The maximum atomic E-state index is 13.0. The number of rotatable bonds is 3. The lowest BCUT2D eigenvalue weighted by atomic mass is 10.1. The van der Waals surface area contributed by atoms with Crippen molar-refractivity contribution in [2.75, 3.05) is 5.75 Å². The van der Waals surface area contributed by atoms with E-state index in [1.165, 1.54) is 17.7 Å². The monoisotopic (exact) mass is 301 g/mol. The molecule has 108 valence electrons. The number of carbonyl (C=O) groups excluding carboxylic acids is 1.